The van der Waals surface area contributed by atoms with E-state index in [4.69, 9.17) is 9.47 Å². The Morgan fingerprint density at radius 3 is 2.68 bits per heavy atom. The summed E-state index contributed by atoms with van der Waals surface area (Å²) in [6.45, 7) is 1.00. The van der Waals surface area contributed by atoms with Gasteiger partial charge in [0.15, 0.2) is 11.5 Å². The molecule has 1 aromatic heterocycles. The SMILES string of the molecule is COc1cc2ncn(CCC(=O)NC[C@@H]3C[C@H]4C=C[C@H]3C4)c(=O)c2cc1OC. The van der Waals surface area contributed by atoms with Crippen LogP contribution in [0.2, 0.25) is 0 Å². The second-order valence-corrected chi connectivity index (χ2v) is 7.56. The van der Waals surface area contributed by atoms with E-state index in [0.29, 0.717) is 53.2 Å². The lowest BCUT2D eigenvalue weighted by Gasteiger charge is -2.18. The van der Waals surface area contributed by atoms with E-state index in [9.17, 15) is 9.59 Å². The third-order valence-electron chi connectivity index (χ3n) is 5.89. The average molecular weight is 383 g/mol. The Kier molecular flexibility index (Phi) is 5.07. The van der Waals surface area contributed by atoms with Gasteiger partial charge in [-0.05, 0) is 36.7 Å². The van der Waals surface area contributed by atoms with E-state index in [1.54, 1.807) is 12.1 Å². The smallest absolute Gasteiger partial charge is 0.261 e. The molecule has 2 aliphatic rings. The molecule has 7 nitrogen and oxygen atoms in total. The molecule has 3 atom stereocenters. The first-order chi connectivity index (χ1) is 13.6. The maximum atomic E-state index is 12.7. The molecule has 2 bridgehead atoms. The summed E-state index contributed by atoms with van der Waals surface area (Å²) in [6, 6.07) is 3.30. The third kappa shape index (κ3) is 3.48. The Labute approximate surface area is 163 Å². The monoisotopic (exact) mass is 383 g/mol. The number of nitrogens with one attached hydrogen (secondary N) is 1. The number of hydrogen-bond donors (Lipinski definition) is 1. The van der Waals surface area contributed by atoms with Crippen molar-refractivity contribution in [3.05, 3.63) is 41.0 Å². The second-order valence-electron chi connectivity index (χ2n) is 7.56. The summed E-state index contributed by atoms with van der Waals surface area (Å²) in [5.74, 6) is 2.82. The maximum Gasteiger partial charge on any atom is 0.261 e. The number of methoxy groups -OCH3 is 2. The Hall–Kier alpha value is -2.83. The lowest BCUT2D eigenvalue weighted by molar-refractivity contribution is -0.121. The molecule has 0 unspecified atom stereocenters. The number of fused-ring (bicyclic) bond motifs is 3. The number of carbonyl (C=O) groups excluding carboxylic acids is 1. The minimum Gasteiger partial charge on any atom is -0.493 e. The van der Waals surface area contributed by atoms with E-state index < -0.39 is 0 Å². The van der Waals surface area contributed by atoms with Gasteiger partial charge < -0.3 is 14.8 Å². The molecule has 1 amide bonds. The van der Waals surface area contributed by atoms with Crippen molar-refractivity contribution in [2.75, 3.05) is 20.8 Å². The predicted molar refractivity (Wildman–Crippen MR) is 106 cm³/mol. The van der Waals surface area contributed by atoms with Crippen LogP contribution < -0.4 is 20.3 Å². The van der Waals surface area contributed by atoms with Crippen LogP contribution in [0.3, 0.4) is 0 Å². The number of ether oxygens (including phenoxy) is 2. The Bertz CT molecular complexity index is 982. The molecule has 2 aliphatic carbocycles. The van der Waals surface area contributed by atoms with Gasteiger partial charge in [0.05, 0.1) is 31.4 Å². The molecule has 2 aromatic rings. The summed E-state index contributed by atoms with van der Waals surface area (Å²) in [7, 11) is 3.06. The van der Waals surface area contributed by atoms with Crippen molar-refractivity contribution in [2.45, 2.75) is 25.8 Å². The number of aryl methyl sites for hydroxylation is 1. The number of benzene rings is 1. The Balaban J connectivity index is 1.40. The fraction of sp³-hybridized carbons (Fsp3) is 0.476. The minimum atomic E-state index is -0.197. The van der Waals surface area contributed by atoms with Crippen molar-refractivity contribution in [2.24, 2.45) is 17.8 Å². The molecule has 0 saturated heterocycles. The highest BCUT2D eigenvalue weighted by Gasteiger charge is 2.35. The van der Waals surface area contributed by atoms with Gasteiger partial charge in [0.1, 0.15) is 0 Å². The van der Waals surface area contributed by atoms with Gasteiger partial charge in [-0.2, -0.15) is 0 Å². The normalized spacial score (nSPS) is 22.6. The van der Waals surface area contributed by atoms with Gasteiger partial charge in [-0.3, -0.25) is 14.2 Å². The number of amides is 1. The van der Waals surface area contributed by atoms with E-state index in [-0.39, 0.29) is 17.9 Å². The highest BCUT2D eigenvalue weighted by molar-refractivity contribution is 5.81. The third-order valence-corrected chi connectivity index (χ3v) is 5.89. The number of allylic oxidation sites excluding steroid dienone is 2. The van der Waals surface area contributed by atoms with Crippen molar-refractivity contribution in [1.82, 2.24) is 14.9 Å². The van der Waals surface area contributed by atoms with E-state index in [1.165, 1.54) is 38.0 Å². The molecule has 0 spiro atoms. The quantitative estimate of drug-likeness (QED) is 0.741. The lowest BCUT2D eigenvalue weighted by atomic mass is 9.93. The first kappa shape index (κ1) is 18.5. The fourth-order valence-corrected chi connectivity index (χ4v) is 4.33. The molecule has 1 saturated carbocycles. The molecule has 0 aliphatic heterocycles. The Morgan fingerprint density at radius 1 is 1.21 bits per heavy atom. The number of rotatable bonds is 7. The molecule has 7 heteroatoms. The summed E-state index contributed by atoms with van der Waals surface area (Å²) in [5, 5.41) is 3.46. The van der Waals surface area contributed by atoms with Crippen LogP contribution in [0.1, 0.15) is 19.3 Å². The number of nitrogens with zero attached hydrogens (tertiary/aromatic N) is 2. The zero-order valence-electron chi connectivity index (χ0n) is 16.2. The highest BCUT2D eigenvalue weighted by atomic mass is 16.5. The van der Waals surface area contributed by atoms with Gasteiger partial charge in [-0.25, -0.2) is 4.98 Å². The predicted octanol–water partition coefficient (Wildman–Crippen LogP) is 2.13. The topological polar surface area (TPSA) is 82.5 Å². The van der Waals surface area contributed by atoms with Gasteiger partial charge in [0.2, 0.25) is 5.91 Å². The summed E-state index contributed by atoms with van der Waals surface area (Å²) in [4.78, 5) is 29.3. The van der Waals surface area contributed by atoms with E-state index in [2.05, 4.69) is 22.5 Å². The molecule has 148 valence electrons. The summed E-state index contributed by atoms with van der Waals surface area (Å²) < 4.78 is 12.0. The van der Waals surface area contributed by atoms with Gasteiger partial charge in [-0.1, -0.05) is 12.2 Å². The van der Waals surface area contributed by atoms with E-state index >= 15 is 0 Å². The standard InChI is InChI=1S/C21H25N3O4/c1-27-18-9-16-17(10-19(18)28-2)23-12-24(21(16)26)6-5-20(25)22-11-15-8-13-3-4-14(15)7-13/h3-4,9-10,12-15H,5-8,11H2,1-2H3,(H,22,25)/t13-,14-,15-/m0/s1. The van der Waals surface area contributed by atoms with Crippen LogP contribution in [-0.2, 0) is 11.3 Å². The summed E-state index contributed by atoms with van der Waals surface area (Å²) in [5.41, 5.74) is 0.338. The maximum absolute atomic E-state index is 12.7. The van der Waals surface area contributed by atoms with Crippen LogP contribution in [0.5, 0.6) is 11.5 Å². The van der Waals surface area contributed by atoms with Crippen molar-refractivity contribution in [3.8, 4) is 11.5 Å². The first-order valence-electron chi connectivity index (χ1n) is 9.65. The number of carbonyl (C=O) groups is 1. The molecule has 1 fully saturated rings. The Morgan fingerprint density at radius 2 is 2.00 bits per heavy atom. The van der Waals surface area contributed by atoms with Gasteiger partial charge in [0, 0.05) is 25.6 Å². The highest BCUT2D eigenvalue weighted by Crippen LogP contribution is 2.42. The van der Waals surface area contributed by atoms with Crippen molar-refractivity contribution in [3.63, 3.8) is 0 Å². The first-order valence-corrected chi connectivity index (χ1v) is 9.65. The largest absolute Gasteiger partial charge is 0.493 e. The van der Waals surface area contributed by atoms with Crippen LogP contribution in [0.25, 0.3) is 10.9 Å². The zero-order valence-corrected chi connectivity index (χ0v) is 16.2. The van der Waals surface area contributed by atoms with E-state index in [0.717, 1.165) is 0 Å². The van der Waals surface area contributed by atoms with Crippen molar-refractivity contribution >= 4 is 16.8 Å². The molecule has 4 rings (SSSR count). The van der Waals surface area contributed by atoms with Crippen LogP contribution in [0.15, 0.2) is 35.4 Å². The molecule has 28 heavy (non-hydrogen) atoms. The van der Waals surface area contributed by atoms with Gasteiger partial charge in [-0.15, -0.1) is 0 Å². The number of aromatic nitrogens is 2. The van der Waals surface area contributed by atoms with Gasteiger partial charge >= 0.3 is 0 Å². The summed E-state index contributed by atoms with van der Waals surface area (Å²) >= 11 is 0. The molecule has 1 aromatic carbocycles. The second kappa shape index (κ2) is 7.66. The fourth-order valence-electron chi connectivity index (χ4n) is 4.33. The molecular formula is C21H25N3O4. The van der Waals surface area contributed by atoms with Crippen molar-refractivity contribution in [1.29, 1.82) is 0 Å². The molecular weight excluding hydrogens is 358 g/mol. The zero-order chi connectivity index (χ0) is 19.7. The van der Waals surface area contributed by atoms with Gasteiger partial charge in [0.25, 0.3) is 5.56 Å². The number of hydrogen-bond acceptors (Lipinski definition) is 5. The molecule has 1 heterocycles. The average Bonchev–Trinajstić information content (AvgIpc) is 3.34. The van der Waals surface area contributed by atoms with Crippen LogP contribution in [-0.4, -0.2) is 36.2 Å². The minimum absolute atomic E-state index is 0.0361. The van der Waals surface area contributed by atoms with Crippen LogP contribution >= 0.6 is 0 Å². The lowest BCUT2D eigenvalue weighted by Crippen LogP contribution is -2.32. The van der Waals surface area contributed by atoms with Crippen molar-refractivity contribution < 1.29 is 14.3 Å². The van der Waals surface area contributed by atoms with Crippen LogP contribution in [0, 0.1) is 17.8 Å². The summed E-state index contributed by atoms with van der Waals surface area (Å²) in [6.07, 6.45) is 8.70. The van der Waals surface area contributed by atoms with E-state index in [1.807, 2.05) is 0 Å². The van der Waals surface area contributed by atoms with Crippen LogP contribution in [0.4, 0.5) is 0 Å². The molecule has 0 radical (unpaired) electrons. The molecule has 1 N–H and O–H groups in total.